The first kappa shape index (κ1) is 21.9. The van der Waals surface area contributed by atoms with Gasteiger partial charge >= 0.3 is 0 Å². The van der Waals surface area contributed by atoms with Crippen molar-refractivity contribution in [3.8, 4) is 5.75 Å². The lowest BCUT2D eigenvalue weighted by Crippen LogP contribution is -2.41. The predicted molar refractivity (Wildman–Crippen MR) is 106 cm³/mol. The van der Waals surface area contributed by atoms with Gasteiger partial charge in [-0.15, -0.1) is 24.0 Å². The van der Waals surface area contributed by atoms with Crippen molar-refractivity contribution in [3.63, 3.8) is 0 Å². The van der Waals surface area contributed by atoms with E-state index in [1.165, 1.54) is 5.56 Å². The van der Waals surface area contributed by atoms with Gasteiger partial charge in [0.25, 0.3) is 0 Å². The summed E-state index contributed by atoms with van der Waals surface area (Å²) in [6, 6.07) is 7.99. The smallest absolute Gasteiger partial charge is 0.191 e. The number of methoxy groups -OCH3 is 2. The first-order valence-electron chi connectivity index (χ1n) is 7.44. The zero-order chi connectivity index (χ0) is 16.2. The highest BCUT2D eigenvalue weighted by Crippen LogP contribution is 2.10. The van der Waals surface area contributed by atoms with Crippen LogP contribution in [0.1, 0.15) is 5.56 Å². The predicted octanol–water partition coefficient (Wildman–Crippen LogP) is 1.56. The maximum absolute atomic E-state index is 5.15. The first-order chi connectivity index (χ1) is 10.7. The van der Waals surface area contributed by atoms with Gasteiger partial charge in [-0.3, -0.25) is 4.99 Å². The molecule has 0 saturated heterocycles. The molecule has 1 rings (SSSR count). The molecule has 0 spiro atoms. The van der Waals surface area contributed by atoms with Gasteiger partial charge in [-0.1, -0.05) is 12.1 Å². The van der Waals surface area contributed by atoms with Crippen LogP contribution in [0.2, 0.25) is 0 Å². The van der Waals surface area contributed by atoms with Crippen LogP contribution < -0.4 is 15.4 Å². The van der Waals surface area contributed by atoms with Crippen LogP contribution in [-0.4, -0.2) is 65.4 Å². The Hall–Kier alpha value is -1.06. The van der Waals surface area contributed by atoms with E-state index in [1.54, 1.807) is 21.3 Å². The molecule has 2 N–H and O–H groups in total. The summed E-state index contributed by atoms with van der Waals surface area (Å²) in [4.78, 5) is 6.44. The third-order valence-corrected chi connectivity index (χ3v) is 3.31. The van der Waals surface area contributed by atoms with Crippen LogP contribution >= 0.6 is 24.0 Å². The Balaban J connectivity index is 0.00000484. The summed E-state index contributed by atoms with van der Waals surface area (Å²) in [5, 5.41) is 6.60. The van der Waals surface area contributed by atoms with Gasteiger partial charge in [-0.05, 0) is 24.7 Å². The van der Waals surface area contributed by atoms with Gasteiger partial charge in [-0.25, -0.2) is 0 Å². The fourth-order valence-electron chi connectivity index (χ4n) is 1.87. The van der Waals surface area contributed by atoms with Gasteiger partial charge < -0.3 is 25.0 Å². The number of guanidine groups is 1. The highest BCUT2D eigenvalue weighted by atomic mass is 127. The quantitative estimate of drug-likeness (QED) is 0.350. The van der Waals surface area contributed by atoms with Crippen molar-refractivity contribution in [3.05, 3.63) is 29.8 Å². The normalized spacial score (nSPS) is 11.1. The van der Waals surface area contributed by atoms with Crippen LogP contribution in [0.4, 0.5) is 0 Å². The van der Waals surface area contributed by atoms with Crippen molar-refractivity contribution < 1.29 is 9.47 Å². The molecule has 132 valence electrons. The molecule has 0 aliphatic heterocycles. The van der Waals surface area contributed by atoms with E-state index in [4.69, 9.17) is 9.47 Å². The summed E-state index contributed by atoms with van der Waals surface area (Å²) >= 11 is 0. The van der Waals surface area contributed by atoms with Gasteiger partial charge in [0.2, 0.25) is 0 Å². The summed E-state index contributed by atoms with van der Waals surface area (Å²) in [7, 11) is 7.24. The second-order valence-corrected chi connectivity index (χ2v) is 5.00. The van der Waals surface area contributed by atoms with Gasteiger partial charge in [0, 0.05) is 40.3 Å². The summed E-state index contributed by atoms with van der Waals surface area (Å²) < 4.78 is 10.2. The number of hydrogen-bond donors (Lipinski definition) is 2. The zero-order valence-corrected chi connectivity index (χ0v) is 16.8. The molecule has 0 aromatic heterocycles. The number of rotatable bonds is 9. The molecule has 0 aliphatic carbocycles. The number of halogens is 1. The maximum atomic E-state index is 5.15. The molecule has 1 aromatic rings. The molecule has 0 saturated carbocycles. The Bertz CT molecular complexity index is 440. The number of likely N-dealkylation sites (N-methyl/N-ethyl adjacent to an activating group) is 1. The Kier molecular flexibility index (Phi) is 12.8. The number of benzene rings is 1. The van der Waals surface area contributed by atoms with Crippen LogP contribution in [0.15, 0.2) is 29.3 Å². The van der Waals surface area contributed by atoms with E-state index in [2.05, 4.69) is 27.6 Å². The molecule has 6 nitrogen and oxygen atoms in total. The lowest BCUT2D eigenvalue weighted by atomic mass is 10.2. The van der Waals surface area contributed by atoms with Crippen molar-refractivity contribution in [1.82, 2.24) is 15.5 Å². The summed E-state index contributed by atoms with van der Waals surface area (Å²) in [5.74, 6) is 1.67. The largest absolute Gasteiger partial charge is 0.497 e. The Morgan fingerprint density at radius 3 is 2.39 bits per heavy atom. The fourth-order valence-corrected chi connectivity index (χ4v) is 1.87. The molecule has 23 heavy (non-hydrogen) atoms. The molecule has 0 bridgehead atoms. The van der Waals surface area contributed by atoms with Gasteiger partial charge in [-0.2, -0.15) is 0 Å². The number of nitrogens with zero attached hydrogens (tertiary/aromatic N) is 2. The molecule has 0 unspecified atom stereocenters. The Labute approximate surface area is 156 Å². The third kappa shape index (κ3) is 9.62. The number of hydrogen-bond acceptors (Lipinski definition) is 4. The van der Waals surface area contributed by atoms with Gasteiger partial charge in [0.05, 0.1) is 13.7 Å². The minimum atomic E-state index is 0. The number of nitrogens with one attached hydrogen (secondary N) is 2. The molecule has 0 amide bonds. The molecule has 0 fully saturated rings. The minimum absolute atomic E-state index is 0. The van der Waals surface area contributed by atoms with Crippen LogP contribution in [0.25, 0.3) is 0 Å². The standard InChI is InChI=1S/C16H28N4O2.HI/c1-17-16(18-9-10-20(2)11-12-21-3)19-13-14-5-7-15(22-4)8-6-14;/h5-8H,9-13H2,1-4H3,(H2,17,18,19);1H. The lowest BCUT2D eigenvalue weighted by molar-refractivity contribution is 0.162. The SMILES string of the molecule is CN=C(NCCN(C)CCOC)NCc1ccc(OC)cc1.I. The topological polar surface area (TPSA) is 58.1 Å². The molecule has 0 heterocycles. The van der Waals surface area contributed by atoms with E-state index in [-0.39, 0.29) is 24.0 Å². The van der Waals surface area contributed by atoms with Crippen molar-refractivity contribution in [2.45, 2.75) is 6.54 Å². The molecule has 7 heteroatoms. The highest BCUT2D eigenvalue weighted by molar-refractivity contribution is 14.0. The van der Waals surface area contributed by atoms with E-state index >= 15 is 0 Å². The van der Waals surface area contributed by atoms with Crippen molar-refractivity contribution in [2.24, 2.45) is 4.99 Å². The van der Waals surface area contributed by atoms with E-state index in [9.17, 15) is 0 Å². The minimum Gasteiger partial charge on any atom is -0.497 e. The third-order valence-electron chi connectivity index (χ3n) is 3.31. The highest BCUT2D eigenvalue weighted by Gasteiger charge is 2.01. The van der Waals surface area contributed by atoms with E-state index < -0.39 is 0 Å². The first-order valence-corrected chi connectivity index (χ1v) is 7.44. The average Bonchev–Trinajstić information content (AvgIpc) is 2.56. The van der Waals surface area contributed by atoms with Crippen LogP contribution in [0.5, 0.6) is 5.75 Å². The van der Waals surface area contributed by atoms with E-state index in [0.717, 1.165) is 44.5 Å². The average molecular weight is 436 g/mol. The number of ether oxygens (including phenoxy) is 2. The summed E-state index contributed by atoms with van der Waals surface area (Å²) in [6.45, 7) is 4.18. The van der Waals surface area contributed by atoms with Gasteiger partial charge in [0.15, 0.2) is 5.96 Å². The van der Waals surface area contributed by atoms with E-state index in [1.807, 2.05) is 24.3 Å². The molecular formula is C16H29IN4O2. The van der Waals surface area contributed by atoms with Crippen molar-refractivity contribution >= 4 is 29.9 Å². The van der Waals surface area contributed by atoms with Gasteiger partial charge in [0.1, 0.15) is 5.75 Å². The van der Waals surface area contributed by atoms with Crippen molar-refractivity contribution in [1.29, 1.82) is 0 Å². The Morgan fingerprint density at radius 1 is 1.13 bits per heavy atom. The fraction of sp³-hybridized carbons (Fsp3) is 0.562. The van der Waals surface area contributed by atoms with Crippen LogP contribution in [0, 0.1) is 0 Å². The second kappa shape index (κ2) is 13.4. The molecule has 0 radical (unpaired) electrons. The van der Waals surface area contributed by atoms with Crippen LogP contribution in [-0.2, 0) is 11.3 Å². The Morgan fingerprint density at radius 2 is 1.83 bits per heavy atom. The molecule has 0 aliphatic rings. The number of aliphatic imine (C=N–C) groups is 1. The maximum Gasteiger partial charge on any atom is 0.191 e. The zero-order valence-electron chi connectivity index (χ0n) is 14.5. The molecule has 1 aromatic carbocycles. The van der Waals surface area contributed by atoms with Crippen LogP contribution in [0.3, 0.4) is 0 Å². The summed E-state index contributed by atoms with van der Waals surface area (Å²) in [6.07, 6.45) is 0. The summed E-state index contributed by atoms with van der Waals surface area (Å²) in [5.41, 5.74) is 1.18. The van der Waals surface area contributed by atoms with Crippen molar-refractivity contribution in [2.75, 3.05) is 54.6 Å². The molecule has 0 atom stereocenters. The molecular weight excluding hydrogens is 407 g/mol. The second-order valence-electron chi connectivity index (χ2n) is 5.00. The monoisotopic (exact) mass is 436 g/mol. The van der Waals surface area contributed by atoms with E-state index in [0.29, 0.717) is 0 Å². The lowest BCUT2D eigenvalue weighted by Gasteiger charge is -2.17.